The van der Waals surface area contributed by atoms with Gasteiger partial charge in [0.15, 0.2) is 0 Å². The van der Waals surface area contributed by atoms with E-state index in [1.807, 2.05) is 0 Å². The predicted molar refractivity (Wildman–Crippen MR) is 69.5 cm³/mol. The predicted octanol–water partition coefficient (Wildman–Crippen LogP) is 2.37. The molecule has 1 N–H and O–H groups in total. The molecule has 98 valence electrons. The van der Waals surface area contributed by atoms with Crippen molar-refractivity contribution in [3.63, 3.8) is 0 Å². The summed E-state index contributed by atoms with van der Waals surface area (Å²) in [7, 11) is 0. The van der Waals surface area contributed by atoms with Crippen LogP contribution in [0.4, 0.5) is 0 Å². The van der Waals surface area contributed by atoms with E-state index < -0.39 is 0 Å². The second-order valence-electron chi connectivity index (χ2n) is 5.66. The molecule has 0 aromatic rings. The molecule has 0 bridgehead atoms. The van der Waals surface area contributed by atoms with Crippen molar-refractivity contribution >= 4 is 5.91 Å². The molecule has 0 spiro atoms. The van der Waals surface area contributed by atoms with Gasteiger partial charge in [0.05, 0.1) is 12.7 Å². The number of hydrogen-bond donors (Lipinski definition) is 1. The van der Waals surface area contributed by atoms with Gasteiger partial charge in [-0.05, 0) is 31.1 Å². The first kappa shape index (κ1) is 12.9. The number of nitrogens with one attached hydrogen (secondary N) is 1. The molecule has 17 heavy (non-hydrogen) atoms. The molecule has 1 saturated heterocycles. The van der Waals surface area contributed by atoms with E-state index in [0.717, 1.165) is 18.8 Å². The summed E-state index contributed by atoms with van der Waals surface area (Å²) >= 11 is 0. The first-order chi connectivity index (χ1) is 8.19. The zero-order valence-electron chi connectivity index (χ0n) is 11.4. The Morgan fingerprint density at radius 2 is 2.12 bits per heavy atom. The molecule has 1 heterocycles. The molecular weight excluding hydrogens is 212 g/mol. The van der Waals surface area contributed by atoms with Crippen molar-refractivity contribution in [3.8, 4) is 0 Å². The van der Waals surface area contributed by atoms with E-state index in [1.165, 1.54) is 19.3 Å². The van der Waals surface area contributed by atoms with Crippen LogP contribution in [0.1, 0.15) is 52.9 Å². The first-order valence-corrected chi connectivity index (χ1v) is 7.23. The van der Waals surface area contributed by atoms with Crippen LogP contribution in [-0.2, 0) is 4.79 Å². The molecule has 4 unspecified atom stereocenters. The summed E-state index contributed by atoms with van der Waals surface area (Å²) < 4.78 is 0. The Balaban J connectivity index is 2.07. The monoisotopic (exact) mass is 238 g/mol. The Labute approximate surface area is 105 Å². The normalized spacial score (nSPS) is 38.1. The smallest absolute Gasteiger partial charge is 0.238 e. The summed E-state index contributed by atoms with van der Waals surface area (Å²) in [5.74, 6) is 1.80. The third kappa shape index (κ3) is 2.35. The van der Waals surface area contributed by atoms with Crippen molar-refractivity contribution in [3.05, 3.63) is 0 Å². The molecule has 0 aromatic carbocycles. The molecule has 1 saturated carbocycles. The lowest BCUT2D eigenvalue weighted by molar-refractivity contribution is -0.131. The van der Waals surface area contributed by atoms with Crippen LogP contribution < -0.4 is 5.32 Å². The van der Waals surface area contributed by atoms with Gasteiger partial charge in [0.2, 0.25) is 5.91 Å². The maximum Gasteiger partial charge on any atom is 0.238 e. The van der Waals surface area contributed by atoms with E-state index in [9.17, 15) is 4.79 Å². The van der Waals surface area contributed by atoms with E-state index in [-0.39, 0.29) is 0 Å². The number of carbonyl (C=O) groups excluding carboxylic acids is 1. The topological polar surface area (TPSA) is 32.3 Å². The molecule has 0 aromatic heterocycles. The number of hydrogen-bond acceptors (Lipinski definition) is 2. The molecule has 2 aliphatic rings. The number of rotatable bonds is 4. The summed E-state index contributed by atoms with van der Waals surface area (Å²) in [6.07, 6.45) is 6.28. The van der Waals surface area contributed by atoms with Crippen molar-refractivity contribution in [2.45, 2.75) is 65.1 Å². The Kier molecular flexibility index (Phi) is 4.08. The largest absolute Gasteiger partial charge is 0.323 e. The van der Waals surface area contributed by atoms with Gasteiger partial charge in [-0.3, -0.25) is 10.1 Å². The van der Waals surface area contributed by atoms with Crippen LogP contribution in [0.5, 0.6) is 0 Å². The van der Waals surface area contributed by atoms with E-state index in [0.29, 0.717) is 30.6 Å². The van der Waals surface area contributed by atoms with Gasteiger partial charge in [0.1, 0.15) is 0 Å². The summed E-state index contributed by atoms with van der Waals surface area (Å²) in [6.45, 7) is 7.35. The molecule has 4 atom stereocenters. The maximum absolute atomic E-state index is 12.1. The van der Waals surface area contributed by atoms with Gasteiger partial charge in [-0.1, -0.05) is 33.6 Å². The Hall–Kier alpha value is -0.570. The minimum absolute atomic E-state index is 0.301. The van der Waals surface area contributed by atoms with Gasteiger partial charge >= 0.3 is 0 Å². The van der Waals surface area contributed by atoms with Crippen molar-refractivity contribution in [2.24, 2.45) is 11.8 Å². The number of amides is 1. The fraction of sp³-hybridized carbons (Fsp3) is 0.929. The molecule has 3 nitrogen and oxygen atoms in total. The van der Waals surface area contributed by atoms with Gasteiger partial charge in [-0.2, -0.15) is 0 Å². The zero-order chi connectivity index (χ0) is 12.4. The van der Waals surface area contributed by atoms with Crippen molar-refractivity contribution < 1.29 is 4.79 Å². The molecule has 0 radical (unpaired) electrons. The quantitative estimate of drug-likeness (QED) is 0.815. The van der Waals surface area contributed by atoms with Gasteiger partial charge in [0, 0.05) is 6.04 Å². The van der Waals surface area contributed by atoms with Crippen LogP contribution in [0, 0.1) is 11.8 Å². The molecule has 1 aliphatic carbocycles. The lowest BCUT2D eigenvalue weighted by atomic mass is 9.92. The third-order valence-electron chi connectivity index (χ3n) is 4.74. The zero-order valence-corrected chi connectivity index (χ0v) is 11.4. The second-order valence-corrected chi connectivity index (χ2v) is 5.66. The molecule has 1 aliphatic heterocycles. The SMILES string of the molecule is CCCC1NCC(=O)N1C1CCC(CC)C1C. The summed E-state index contributed by atoms with van der Waals surface area (Å²) in [5.41, 5.74) is 0. The average Bonchev–Trinajstić information content (AvgIpc) is 2.84. The highest BCUT2D eigenvalue weighted by Gasteiger charge is 2.42. The Bertz CT molecular complexity index is 279. The molecule has 3 heteroatoms. The van der Waals surface area contributed by atoms with Crippen LogP contribution in [0.2, 0.25) is 0 Å². The van der Waals surface area contributed by atoms with Gasteiger partial charge in [-0.15, -0.1) is 0 Å². The third-order valence-corrected chi connectivity index (χ3v) is 4.74. The van der Waals surface area contributed by atoms with Crippen LogP contribution in [0.15, 0.2) is 0 Å². The maximum atomic E-state index is 12.1. The lowest BCUT2D eigenvalue weighted by Crippen LogP contribution is -2.46. The molecule has 2 rings (SSSR count). The minimum Gasteiger partial charge on any atom is -0.323 e. The van der Waals surface area contributed by atoms with Crippen LogP contribution >= 0.6 is 0 Å². The lowest BCUT2D eigenvalue weighted by Gasteiger charge is -2.34. The Morgan fingerprint density at radius 1 is 1.35 bits per heavy atom. The van der Waals surface area contributed by atoms with Crippen molar-refractivity contribution in [1.29, 1.82) is 0 Å². The highest BCUT2D eigenvalue weighted by molar-refractivity contribution is 5.81. The number of nitrogens with zero attached hydrogens (tertiary/aromatic N) is 1. The van der Waals surface area contributed by atoms with Gasteiger partial charge < -0.3 is 4.90 Å². The molecule has 1 amide bonds. The minimum atomic E-state index is 0.301. The average molecular weight is 238 g/mol. The molecule has 2 fully saturated rings. The van der Waals surface area contributed by atoms with Crippen molar-refractivity contribution in [2.75, 3.05) is 6.54 Å². The summed E-state index contributed by atoms with van der Waals surface area (Å²) in [5, 5.41) is 3.36. The highest BCUT2D eigenvalue weighted by atomic mass is 16.2. The van der Waals surface area contributed by atoms with E-state index in [4.69, 9.17) is 0 Å². The van der Waals surface area contributed by atoms with Gasteiger partial charge in [0.25, 0.3) is 0 Å². The fourth-order valence-corrected chi connectivity index (χ4v) is 3.69. The Morgan fingerprint density at radius 3 is 2.71 bits per heavy atom. The number of carbonyl (C=O) groups is 1. The van der Waals surface area contributed by atoms with Crippen molar-refractivity contribution in [1.82, 2.24) is 10.2 Å². The highest BCUT2D eigenvalue weighted by Crippen LogP contribution is 2.38. The van der Waals surface area contributed by atoms with Crippen LogP contribution in [-0.4, -0.2) is 29.6 Å². The summed E-state index contributed by atoms with van der Waals surface area (Å²) in [4.78, 5) is 14.2. The fourth-order valence-electron chi connectivity index (χ4n) is 3.69. The summed E-state index contributed by atoms with van der Waals surface area (Å²) in [6, 6.07) is 0.485. The van der Waals surface area contributed by atoms with E-state index >= 15 is 0 Å². The van der Waals surface area contributed by atoms with E-state index in [1.54, 1.807) is 0 Å². The second kappa shape index (κ2) is 5.38. The molecular formula is C14H26N2O. The first-order valence-electron chi connectivity index (χ1n) is 7.23. The standard InChI is InChI=1S/C14H26N2O/c1-4-6-13-15-9-14(17)16(13)12-8-7-11(5-2)10(12)3/h10-13,15H,4-9H2,1-3H3. The van der Waals surface area contributed by atoms with Crippen LogP contribution in [0.25, 0.3) is 0 Å². The van der Waals surface area contributed by atoms with Crippen LogP contribution in [0.3, 0.4) is 0 Å². The van der Waals surface area contributed by atoms with Gasteiger partial charge in [-0.25, -0.2) is 0 Å². The van der Waals surface area contributed by atoms with E-state index in [2.05, 4.69) is 31.0 Å².